The molecule has 0 atom stereocenters. The highest BCUT2D eigenvalue weighted by molar-refractivity contribution is 7.98. The van der Waals surface area contributed by atoms with E-state index in [0.717, 1.165) is 33.8 Å². The minimum atomic E-state index is -0.558. The molecule has 0 fully saturated rings. The highest BCUT2D eigenvalue weighted by Crippen LogP contribution is 2.18. The number of hydrogen-bond acceptors (Lipinski definition) is 4. The number of carbonyl (C=O) groups is 2. The summed E-state index contributed by atoms with van der Waals surface area (Å²) in [6.07, 6.45) is 5.72. The number of rotatable bonds is 9. The third-order valence-corrected chi connectivity index (χ3v) is 6.03. The SMILES string of the molecule is CSc1ccc(C=CC(=O)OCC(=O)c2cc(C)n(CCc3ccc(F)cc3)c2C)cc1. The summed E-state index contributed by atoms with van der Waals surface area (Å²) >= 11 is 1.65. The number of Topliss-reactive ketones (excluding diaryl/α,β-unsaturated/α-hetero) is 1. The molecule has 0 radical (unpaired) electrons. The molecule has 0 amide bonds. The van der Waals surface area contributed by atoms with Crippen LogP contribution in [0.5, 0.6) is 0 Å². The number of aromatic nitrogens is 1. The van der Waals surface area contributed by atoms with Crippen molar-refractivity contribution >= 4 is 29.6 Å². The lowest BCUT2D eigenvalue weighted by molar-refractivity contribution is -0.136. The maximum Gasteiger partial charge on any atom is 0.331 e. The van der Waals surface area contributed by atoms with Gasteiger partial charge in [-0.15, -0.1) is 11.8 Å². The van der Waals surface area contributed by atoms with Gasteiger partial charge < -0.3 is 9.30 Å². The Morgan fingerprint density at radius 2 is 1.75 bits per heavy atom. The summed E-state index contributed by atoms with van der Waals surface area (Å²) in [4.78, 5) is 25.8. The van der Waals surface area contributed by atoms with Gasteiger partial charge in [-0.1, -0.05) is 24.3 Å². The summed E-state index contributed by atoms with van der Waals surface area (Å²) in [5.74, 6) is -1.05. The Kier molecular flexibility index (Phi) is 8.06. The Morgan fingerprint density at radius 1 is 1.06 bits per heavy atom. The number of halogens is 1. The molecule has 0 saturated carbocycles. The molecule has 32 heavy (non-hydrogen) atoms. The van der Waals surface area contributed by atoms with Crippen LogP contribution in [-0.2, 0) is 22.5 Å². The van der Waals surface area contributed by atoms with Crippen molar-refractivity contribution in [1.82, 2.24) is 4.57 Å². The van der Waals surface area contributed by atoms with Crippen molar-refractivity contribution in [3.63, 3.8) is 0 Å². The molecule has 2 aromatic carbocycles. The highest BCUT2D eigenvalue weighted by Gasteiger charge is 2.17. The van der Waals surface area contributed by atoms with Crippen molar-refractivity contribution in [2.45, 2.75) is 31.7 Å². The van der Waals surface area contributed by atoms with E-state index < -0.39 is 5.97 Å². The standard InChI is InChI=1S/C26H26FNO3S/c1-18-16-24(19(2)28(18)15-14-21-4-9-22(27)10-5-21)25(29)17-31-26(30)13-8-20-6-11-23(32-3)12-7-20/h4-13,16H,14-15,17H2,1-3H3. The maximum atomic E-state index is 13.1. The lowest BCUT2D eigenvalue weighted by Gasteiger charge is -2.10. The lowest BCUT2D eigenvalue weighted by Crippen LogP contribution is -2.14. The van der Waals surface area contributed by atoms with Crippen LogP contribution in [0.3, 0.4) is 0 Å². The maximum absolute atomic E-state index is 13.1. The summed E-state index contributed by atoms with van der Waals surface area (Å²) in [6, 6.07) is 16.0. The quantitative estimate of drug-likeness (QED) is 0.183. The van der Waals surface area contributed by atoms with E-state index in [0.29, 0.717) is 12.1 Å². The summed E-state index contributed by atoms with van der Waals surface area (Å²) in [6.45, 7) is 4.18. The van der Waals surface area contributed by atoms with Crippen LogP contribution in [0.4, 0.5) is 4.39 Å². The smallest absolute Gasteiger partial charge is 0.331 e. The highest BCUT2D eigenvalue weighted by atomic mass is 32.2. The zero-order chi connectivity index (χ0) is 23.1. The van der Waals surface area contributed by atoms with Gasteiger partial charge in [-0.05, 0) is 74.1 Å². The van der Waals surface area contributed by atoms with Gasteiger partial charge in [-0.3, -0.25) is 4.79 Å². The second kappa shape index (κ2) is 11.0. The van der Waals surface area contributed by atoms with Crippen molar-refractivity contribution in [2.75, 3.05) is 12.9 Å². The molecule has 1 aromatic heterocycles. The minimum Gasteiger partial charge on any atom is -0.454 e. The molecule has 6 heteroatoms. The van der Waals surface area contributed by atoms with Crippen LogP contribution in [0.1, 0.15) is 32.9 Å². The Morgan fingerprint density at radius 3 is 2.41 bits per heavy atom. The van der Waals surface area contributed by atoms with Gasteiger partial charge in [0.05, 0.1) is 0 Å². The van der Waals surface area contributed by atoms with E-state index in [1.165, 1.54) is 18.2 Å². The molecule has 0 aliphatic rings. The summed E-state index contributed by atoms with van der Waals surface area (Å²) in [5.41, 5.74) is 4.24. The second-order valence-corrected chi connectivity index (χ2v) is 8.33. The Labute approximate surface area is 192 Å². The number of hydrogen-bond donors (Lipinski definition) is 0. The molecule has 166 valence electrons. The summed E-state index contributed by atoms with van der Waals surface area (Å²) in [5, 5.41) is 0. The predicted octanol–water partition coefficient (Wildman–Crippen LogP) is 5.65. The average molecular weight is 452 g/mol. The minimum absolute atomic E-state index is 0.239. The summed E-state index contributed by atoms with van der Waals surface area (Å²) < 4.78 is 20.3. The fraction of sp³-hybridized carbons (Fsp3) is 0.231. The number of aryl methyl sites for hydroxylation is 2. The van der Waals surface area contributed by atoms with Crippen LogP contribution in [0, 0.1) is 19.7 Å². The predicted molar refractivity (Wildman–Crippen MR) is 127 cm³/mol. The van der Waals surface area contributed by atoms with Gasteiger partial charge in [-0.2, -0.15) is 0 Å². The van der Waals surface area contributed by atoms with E-state index in [-0.39, 0.29) is 18.2 Å². The molecule has 0 unspecified atom stereocenters. The van der Waals surface area contributed by atoms with Gasteiger partial charge in [0.2, 0.25) is 5.78 Å². The molecule has 0 N–H and O–H groups in total. The zero-order valence-electron chi connectivity index (χ0n) is 18.4. The van der Waals surface area contributed by atoms with Crippen molar-refractivity contribution in [1.29, 1.82) is 0 Å². The van der Waals surface area contributed by atoms with Gasteiger partial charge in [0.1, 0.15) is 5.82 Å². The number of nitrogens with zero attached hydrogens (tertiary/aromatic N) is 1. The van der Waals surface area contributed by atoms with Crippen molar-refractivity contribution in [3.8, 4) is 0 Å². The van der Waals surface area contributed by atoms with Crippen LogP contribution >= 0.6 is 11.8 Å². The van der Waals surface area contributed by atoms with Gasteiger partial charge >= 0.3 is 5.97 Å². The van der Waals surface area contributed by atoms with Gasteiger partial charge in [-0.25, -0.2) is 9.18 Å². The van der Waals surface area contributed by atoms with E-state index in [2.05, 4.69) is 4.57 Å². The molecule has 1 heterocycles. The monoisotopic (exact) mass is 451 g/mol. The fourth-order valence-corrected chi connectivity index (χ4v) is 3.87. The largest absolute Gasteiger partial charge is 0.454 e. The van der Waals surface area contributed by atoms with Gasteiger partial charge in [0, 0.05) is 34.5 Å². The molecule has 0 saturated heterocycles. The van der Waals surface area contributed by atoms with E-state index in [9.17, 15) is 14.0 Å². The normalized spacial score (nSPS) is 11.1. The van der Waals surface area contributed by atoms with E-state index >= 15 is 0 Å². The first-order valence-electron chi connectivity index (χ1n) is 10.3. The Balaban J connectivity index is 1.56. The average Bonchev–Trinajstić information content (AvgIpc) is 3.09. The molecule has 3 aromatic rings. The van der Waals surface area contributed by atoms with E-state index in [4.69, 9.17) is 4.74 Å². The van der Waals surface area contributed by atoms with E-state index in [1.807, 2.05) is 50.4 Å². The first kappa shape index (κ1) is 23.5. The molecular weight excluding hydrogens is 425 g/mol. The molecule has 0 bridgehead atoms. The second-order valence-electron chi connectivity index (χ2n) is 7.45. The zero-order valence-corrected chi connectivity index (χ0v) is 19.2. The van der Waals surface area contributed by atoms with Crippen molar-refractivity contribution < 1.29 is 18.7 Å². The van der Waals surface area contributed by atoms with Crippen molar-refractivity contribution in [2.24, 2.45) is 0 Å². The Hall–Kier alpha value is -3.12. The molecule has 0 aliphatic carbocycles. The van der Waals surface area contributed by atoms with Gasteiger partial charge in [0.15, 0.2) is 6.61 Å². The topological polar surface area (TPSA) is 48.3 Å². The van der Waals surface area contributed by atoms with Crippen molar-refractivity contribution in [3.05, 3.63) is 94.6 Å². The number of thioether (sulfide) groups is 1. The van der Waals surface area contributed by atoms with Crippen LogP contribution in [0.15, 0.2) is 65.6 Å². The number of ether oxygens (including phenoxy) is 1. The molecule has 4 nitrogen and oxygen atoms in total. The molecular formula is C26H26FNO3S. The first-order valence-corrected chi connectivity index (χ1v) is 11.5. The first-order chi connectivity index (χ1) is 15.4. The van der Waals surface area contributed by atoms with Crippen LogP contribution in [0.25, 0.3) is 6.08 Å². The molecule has 0 aliphatic heterocycles. The Bertz CT molecular complexity index is 1120. The third kappa shape index (κ3) is 6.20. The van der Waals surface area contributed by atoms with Crippen LogP contribution in [0.2, 0.25) is 0 Å². The molecule has 3 rings (SSSR count). The number of benzene rings is 2. The van der Waals surface area contributed by atoms with Crippen LogP contribution < -0.4 is 0 Å². The fourth-order valence-electron chi connectivity index (χ4n) is 3.46. The van der Waals surface area contributed by atoms with Gasteiger partial charge in [0.25, 0.3) is 0 Å². The third-order valence-electron chi connectivity index (χ3n) is 5.28. The lowest BCUT2D eigenvalue weighted by atomic mass is 10.1. The number of ketones is 1. The molecule has 0 spiro atoms. The summed E-state index contributed by atoms with van der Waals surface area (Å²) in [7, 11) is 0. The number of carbonyl (C=O) groups excluding carboxylic acids is 2. The number of esters is 1. The van der Waals surface area contributed by atoms with Crippen LogP contribution in [-0.4, -0.2) is 29.2 Å². The van der Waals surface area contributed by atoms with E-state index in [1.54, 1.807) is 30.0 Å².